The van der Waals surface area contributed by atoms with Gasteiger partial charge in [-0.1, -0.05) is 30.3 Å². The number of ether oxygens (including phenoxy) is 1. The second-order valence-corrected chi connectivity index (χ2v) is 9.08. The van der Waals surface area contributed by atoms with Crippen molar-refractivity contribution in [1.82, 2.24) is 9.80 Å². The summed E-state index contributed by atoms with van der Waals surface area (Å²) in [6, 6.07) is 18.3. The number of piperazine rings is 1. The van der Waals surface area contributed by atoms with Crippen LogP contribution in [0.25, 0.3) is 0 Å². The first kappa shape index (κ1) is 19.9. The van der Waals surface area contributed by atoms with Crippen LogP contribution in [0.4, 0.5) is 5.69 Å². The minimum atomic E-state index is 0.688. The Morgan fingerprint density at radius 1 is 0.867 bits per heavy atom. The van der Waals surface area contributed by atoms with E-state index in [0.717, 1.165) is 25.3 Å². The monoisotopic (exact) mass is 405 g/mol. The molecule has 0 radical (unpaired) electrons. The standard InChI is InChI=1S/C26H35N3O/c1-30-26-11-5-9-22-23-10-6-14-29(25(23)13-12-24(22)26)20-17-27-15-18-28(19-16-27)21-7-3-2-4-8-21/h2-5,7-9,11,23,25H,6,10,12-20H2,1H3/t23-,25-/m1/s1. The van der Waals surface area contributed by atoms with Crippen molar-refractivity contribution < 1.29 is 4.74 Å². The van der Waals surface area contributed by atoms with Gasteiger partial charge in [-0.15, -0.1) is 0 Å². The van der Waals surface area contributed by atoms with Gasteiger partial charge in [0.15, 0.2) is 0 Å². The highest BCUT2D eigenvalue weighted by Gasteiger charge is 2.37. The number of hydrogen-bond donors (Lipinski definition) is 0. The average Bonchev–Trinajstić information content (AvgIpc) is 2.83. The number of likely N-dealkylation sites (tertiary alicyclic amines) is 1. The zero-order valence-corrected chi connectivity index (χ0v) is 18.3. The molecule has 2 saturated heterocycles. The quantitative estimate of drug-likeness (QED) is 0.748. The van der Waals surface area contributed by atoms with E-state index in [1.165, 1.54) is 63.2 Å². The SMILES string of the molecule is COc1cccc2c1CC[C@@H]1[C@@H]2CCCN1CCN1CCN(c2ccccc2)CC1. The summed E-state index contributed by atoms with van der Waals surface area (Å²) < 4.78 is 5.66. The van der Waals surface area contributed by atoms with Gasteiger partial charge in [-0.2, -0.15) is 0 Å². The highest BCUT2D eigenvalue weighted by Crippen LogP contribution is 2.43. The normalized spacial score (nSPS) is 24.9. The third kappa shape index (κ3) is 3.95. The van der Waals surface area contributed by atoms with Gasteiger partial charge in [-0.3, -0.25) is 9.80 Å². The minimum Gasteiger partial charge on any atom is -0.496 e. The molecule has 0 unspecified atom stereocenters. The van der Waals surface area contributed by atoms with Crippen LogP contribution in [0.2, 0.25) is 0 Å². The lowest BCUT2D eigenvalue weighted by atomic mass is 9.74. The number of benzene rings is 2. The van der Waals surface area contributed by atoms with Gasteiger partial charge >= 0.3 is 0 Å². The smallest absolute Gasteiger partial charge is 0.122 e. The van der Waals surface area contributed by atoms with Crippen LogP contribution in [0, 0.1) is 0 Å². The predicted molar refractivity (Wildman–Crippen MR) is 124 cm³/mol. The maximum Gasteiger partial charge on any atom is 0.122 e. The molecule has 2 atom stereocenters. The number of para-hydroxylation sites is 1. The second kappa shape index (κ2) is 8.99. The lowest BCUT2D eigenvalue weighted by Gasteiger charge is -2.46. The van der Waals surface area contributed by atoms with Gasteiger partial charge < -0.3 is 9.64 Å². The fourth-order valence-electron chi connectivity index (χ4n) is 5.97. The van der Waals surface area contributed by atoms with Crippen molar-refractivity contribution in [3.63, 3.8) is 0 Å². The molecule has 0 amide bonds. The Morgan fingerprint density at radius 2 is 1.70 bits per heavy atom. The maximum atomic E-state index is 5.66. The summed E-state index contributed by atoms with van der Waals surface area (Å²) in [6.07, 6.45) is 5.09. The molecule has 4 nitrogen and oxygen atoms in total. The molecule has 5 rings (SSSR count). The molecule has 0 N–H and O–H groups in total. The summed E-state index contributed by atoms with van der Waals surface area (Å²) in [5, 5.41) is 0. The van der Waals surface area contributed by atoms with Crippen LogP contribution in [0.1, 0.15) is 36.3 Å². The van der Waals surface area contributed by atoms with Crippen LogP contribution in [0.5, 0.6) is 5.75 Å². The van der Waals surface area contributed by atoms with E-state index in [0.29, 0.717) is 12.0 Å². The van der Waals surface area contributed by atoms with Crippen molar-refractivity contribution in [1.29, 1.82) is 0 Å². The molecular formula is C26H35N3O. The molecule has 0 aromatic heterocycles. The van der Waals surface area contributed by atoms with Gasteiger partial charge in [0.25, 0.3) is 0 Å². The Morgan fingerprint density at radius 3 is 2.50 bits per heavy atom. The molecule has 0 saturated carbocycles. The maximum absolute atomic E-state index is 5.66. The van der Waals surface area contributed by atoms with Crippen LogP contribution >= 0.6 is 0 Å². The number of rotatable bonds is 5. The molecule has 2 aromatic carbocycles. The molecule has 160 valence electrons. The third-order valence-corrected chi connectivity index (χ3v) is 7.57. The summed E-state index contributed by atoms with van der Waals surface area (Å²) >= 11 is 0. The topological polar surface area (TPSA) is 19.0 Å². The third-order valence-electron chi connectivity index (χ3n) is 7.57. The molecule has 2 aromatic rings. The Hall–Kier alpha value is -2.04. The molecule has 30 heavy (non-hydrogen) atoms. The molecular weight excluding hydrogens is 370 g/mol. The first-order chi connectivity index (χ1) is 14.8. The van der Waals surface area contributed by atoms with Crippen LogP contribution < -0.4 is 9.64 Å². The molecule has 2 fully saturated rings. The van der Waals surface area contributed by atoms with Gasteiger partial charge in [0.05, 0.1) is 7.11 Å². The van der Waals surface area contributed by atoms with Crippen molar-refractivity contribution in [2.45, 2.75) is 37.6 Å². The van der Waals surface area contributed by atoms with E-state index in [9.17, 15) is 0 Å². The highest BCUT2D eigenvalue weighted by molar-refractivity contribution is 5.46. The Bertz CT molecular complexity index is 831. The van der Waals surface area contributed by atoms with Crippen LogP contribution in [-0.2, 0) is 6.42 Å². The zero-order valence-electron chi connectivity index (χ0n) is 18.3. The minimum absolute atomic E-state index is 0.688. The van der Waals surface area contributed by atoms with E-state index in [1.807, 2.05) is 7.11 Å². The lowest BCUT2D eigenvalue weighted by molar-refractivity contribution is 0.0950. The van der Waals surface area contributed by atoms with Crippen LogP contribution in [0.3, 0.4) is 0 Å². The number of fused-ring (bicyclic) bond motifs is 3. The van der Waals surface area contributed by atoms with Gasteiger partial charge in [-0.25, -0.2) is 0 Å². The molecule has 0 bridgehead atoms. The molecule has 1 aliphatic carbocycles. The van der Waals surface area contributed by atoms with E-state index in [1.54, 1.807) is 5.56 Å². The summed E-state index contributed by atoms with van der Waals surface area (Å²) in [6.45, 7) is 8.33. The summed E-state index contributed by atoms with van der Waals surface area (Å²) in [7, 11) is 1.81. The number of piperidine rings is 1. The van der Waals surface area contributed by atoms with E-state index >= 15 is 0 Å². The van der Waals surface area contributed by atoms with E-state index in [-0.39, 0.29) is 0 Å². The lowest BCUT2D eigenvalue weighted by Crippen LogP contribution is -2.52. The van der Waals surface area contributed by atoms with Crippen molar-refractivity contribution in [2.24, 2.45) is 0 Å². The van der Waals surface area contributed by atoms with Gasteiger partial charge in [0, 0.05) is 51.0 Å². The first-order valence-corrected chi connectivity index (χ1v) is 11.8. The number of anilines is 1. The fourth-order valence-corrected chi connectivity index (χ4v) is 5.97. The Labute approximate surface area is 181 Å². The van der Waals surface area contributed by atoms with Gasteiger partial charge in [0.2, 0.25) is 0 Å². The van der Waals surface area contributed by atoms with Gasteiger partial charge in [0.1, 0.15) is 5.75 Å². The van der Waals surface area contributed by atoms with E-state index in [4.69, 9.17) is 4.74 Å². The average molecular weight is 406 g/mol. The number of nitrogens with zero attached hydrogens (tertiary/aromatic N) is 3. The fraction of sp³-hybridized carbons (Fsp3) is 0.538. The van der Waals surface area contributed by atoms with Crippen molar-refractivity contribution >= 4 is 5.69 Å². The second-order valence-electron chi connectivity index (χ2n) is 9.08. The van der Waals surface area contributed by atoms with Crippen molar-refractivity contribution in [3.8, 4) is 5.75 Å². The van der Waals surface area contributed by atoms with E-state index < -0.39 is 0 Å². The Balaban J connectivity index is 1.18. The summed E-state index contributed by atoms with van der Waals surface area (Å²) in [5.74, 6) is 1.78. The molecule has 2 heterocycles. The van der Waals surface area contributed by atoms with Crippen LogP contribution in [0.15, 0.2) is 48.5 Å². The summed E-state index contributed by atoms with van der Waals surface area (Å²) in [5.41, 5.74) is 4.40. The van der Waals surface area contributed by atoms with Gasteiger partial charge in [-0.05, 0) is 67.5 Å². The molecule has 3 aliphatic rings. The summed E-state index contributed by atoms with van der Waals surface area (Å²) in [4.78, 5) is 8.00. The van der Waals surface area contributed by atoms with E-state index in [2.05, 4.69) is 63.2 Å². The highest BCUT2D eigenvalue weighted by atomic mass is 16.5. The Kier molecular flexibility index (Phi) is 5.96. The molecule has 0 spiro atoms. The zero-order chi connectivity index (χ0) is 20.3. The first-order valence-electron chi connectivity index (χ1n) is 11.8. The predicted octanol–water partition coefficient (Wildman–Crippen LogP) is 4.01. The van der Waals surface area contributed by atoms with Crippen molar-refractivity contribution in [3.05, 3.63) is 59.7 Å². The van der Waals surface area contributed by atoms with Crippen molar-refractivity contribution in [2.75, 3.05) is 57.8 Å². The number of hydrogen-bond acceptors (Lipinski definition) is 4. The number of methoxy groups -OCH3 is 1. The molecule has 4 heteroatoms. The molecule has 2 aliphatic heterocycles. The largest absolute Gasteiger partial charge is 0.496 e. The van der Waals surface area contributed by atoms with Crippen LogP contribution in [-0.4, -0.2) is 68.8 Å².